The summed E-state index contributed by atoms with van der Waals surface area (Å²) in [6.07, 6.45) is 1.23. The molecule has 1 heterocycles. The summed E-state index contributed by atoms with van der Waals surface area (Å²) in [7, 11) is 1.50. The third kappa shape index (κ3) is 2.87. The molecule has 5 nitrogen and oxygen atoms in total. The second-order valence-corrected chi connectivity index (χ2v) is 2.68. The van der Waals surface area contributed by atoms with Gasteiger partial charge in [-0.15, -0.1) is 0 Å². The van der Waals surface area contributed by atoms with E-state index in [4.69, 9.17) is 4.74 Å². The zero-order valence-corrected chi connectivity index (χ0v) is 7.70. The quantitative estimate of drug-likeness (QED) is 0.693. The number of amides is 1. The Morgan fingerprint density at radius 1 is 1.85 bits per heavy atom. The van der Waals surface area contributed by atoms with Crippen LogP contribution in [0.15, 0.2) is 12.3 Å². The van der Waals surface area contributed by atoms with E-state index in [0.29, 0.717) is 6.54 Å². The third-order valence-corrected chi connectivity index (χ3v) is 1.73. The fourth-order valence-corrected chi connectivity index (χ4v) is 0.816. The Hall–Kier alpha value is -1.36. The van der Waals surface area contributed by atoms with Gasteiger partial charge in [-0.2, -0.15) is 5.10 Å². The van der Waals surface area contributed by atoms with E-state index in [-0.39, 0.29) is 5.91 Å². The number of nitrogens with zero attached hydrogens (tertiary/aromatic N) is 1. The molecule has 0 aromatic carbocycles. The lowest BCUT2D eigenvalue weighted by atomic mass is 10.3. The molecule has 13 heavy (non-hydrogen) atoms. The number of nitrogens with one attached hydrogen (secondary N) is 2. The van der Waals surface area contributed by atoms with Crippen molar-refractivity contribution < 1.29 is 9.53 Å². The summed E-state index contributed by atoms with van der Waals surface area (Å²) in [5.74, 6) is -0.128. The fraction of sp³-hybridized carbons (Fsp3) is 0.500. The second-order valence-electron chi connectivity index (χ2n) is 2.68. The van der Waals surface area contributed by atoms with Gasteiger partial charge in [-0.05, 0) is 13.0 Å². The highest BCUT2D eigenvalue weighted by Crippen LogP contribution is 1.92. The van der Waals surface area contributed by atoms with Gasteiger partial charge in [0.25, 0.3) is 0 Å². The molecule has 72 valence electrons. The molecule has 5 heteroatoms. The van der Waals surface area contributed by atoms with Crippen LogP contribution in [0.3, 0.4) is 0 Å². The van der Waals surface area contributed by atoms with Crippen LogP contribution in [0, 0.1) is 0 Å². The summed E-state index contributed by atoms with van der Waals surface area (Å²) in [6.45, 7) is 2.15. The van der Waals surface area contributed by atoms with Crippen LogP contribution < -0.4 is 5.32 Å². The van der Waals surface area contributed by atoms with Gasteiger partial charge in [0.15, 0.2) is 0 Å². The number of aromatic nitrogens is 2. The highest BCUT2D eigenvalue weighted by Gasteiger charge is 2.10. The average Bonchev–Trinajstić information content (AvgIpc) is 2.65. The summed E-state index contributed by atoms with van der Waals surface area (Å²) in [4.78, 5) is 11.2. The van der Waals surface area contributed by atoms with E-state index in [1.807, 2.05) is 0 Å². The fourth-order valence-electron chi connectivity index (χ4n) is 0.816. The van der Waals surface area contributed by atoms with Crippen LogP contribution in [-0.2, 0) is 16.1 Å². The molecule has 1 aromatic heterocycles. The number of carbonyl (C=O) groups is 1. The van der Waals surface area contributed by atoms with Gasteiger partial charge in [0.05, 0.1) is 12.2 Å². The molecule has 1 atom stereocenters. The number of hydrogen-bond donors (Lipinski definition) is 2. The van der Waals surface area contributed by atoms with Gasteiger partial charge in [0.1, 0.15) is 6.10 Å². The van der Waals surface area contributed by atoms with Crippen LogP contribution in [0.4, 0.5) is 0 Å². The molecule has 0 aliphatic heterocycles. The predicted octanol–water partition coefficient (Wildman–Crippen LogP) is 0.0608. The Kier molecular flexibility index (Phi) is 3.45. The molecule has 0 saturated heterocycles. The highest BCUT2D eigenvalue weighted by atomic mass is 16.5. The normalized spacial score (nSPS) is 12.5. The van der Waals surface area contributed by atoms with E-state index >= 15 is 0 Å². The molecule has 0 aliphatic carbocycles. The van der Waals surface area contributed by atoms with Crippen molar-refractivity contribution >= 4 is 5.91 Å². The smallest absolute Gasteiger partial charge is 0.249 e. The SMILES string of the molecule is COC(C)C(=O)NCc1ccn[nH]1. The van der Waals surface area contributed by atoms with Crippen LogP contribution in [0.25, 0.3) is 0 Å². The summed E-state index contributed by atoms with van der Waals surface area (Å²) < 4.78 is 4.84. The molecule has 0 bridgehead atoms. The summed E-state index contributed by atoms with van der Waals surface area (Å²) >= 11 is 0. The number of carbonyl (C=O) groups excluding carboxylic acids is 1. The minimum atomic E-state index is -0.414. The van der Waals surface area contributed by atoms with E-state index in [9.17, 15) is 4.79 Å². The Bertz CT molecular complexity index is 258. The number of methoxy groups -OCH3 is 1. The third-order valence-electron chi connectivity index (χ3n) is 1.73. The molecule has 0 spiro atoms. The molecule has 2 N–H and O–H groups in total. The van der Waals surface area contributed by atoms with E-state index in [1.165, 1.54) is 7.11 Å². The van der Waals surface area contributed by atoms with E-state index < -0.39 is 6.10 Å². The van der Waals surface area contributed by atoms with Crippen molar-refractivity contribution in [2.24, 2.45) is 0 Å². The maximum atomic E-state index is 11.2. The van der Waals surface area contributed by atoms with Gasteiger partial charge >= 0.3 is 0 Å². The summed E-state index contributed by atoms with van der Waals surface area (Å²) in [5, 5.41) is 9.20. The molecule has 1 aromatic rings. The molecule has 0 fully saturated rings. The van der Waals surface area contributed by atoms with Gasteiger partial charge in [-0.1, -0.05) is 0 Å². The van der Waals surface area contributed by atoms with Crippen LogP contribution >= 0.6 is 0 Å². The largest absolute Gasteiger partial charge is 0.372 e. The number of hydrogen-bond acceptors (Lipinski definition) is 3. The number of rotatable bonds is 4. The first kappa shape index (κ1) is 9.73. The highest BCUT2D eigenvalue weighted by molar-refractivity contribution is 5.80. The van der Waals surface area contributed by atoms with Crippen molar-refractivity contribution in [3.8, 4) is 0 Å². The lowest BCUT2D eigenvalue weighted by molar-refractivity contribution is -0.130. The van der Waals surface area contributed by atoms with Crippen molar-refractivity contribution in [2.75, 3.05) is 7.11 Å². The zero-order valence-electron chi connectivity index (χ0n) is 7.70. The number of aromatic amines is 1. The summed E-state index contributed by atoms with van der Waals surface area (Å²) in [6, 6.07) is 1.80. The van der Waals surface area contributed by atoms with Crippen molar-refractivity contribution in [1.29, 1.82) is 0 Å². The molecule has 0 aliphatic rings. The molecule has 0 radical (unpaired) electrons. The predicted molar refractivity (Wildman–Crippen MR) is 46.9 cm³/mol. The van der Waals surface area contributed by atoms with Crippen LogP contribution in [0.2, 0.25) is 0 Å². The van der Waals surface area contributed by atoms with Crippen molar-refractivity contribution in [3.05, 3.63) is 18.0 Å². The maximum absolute atomic E-state index is 11.2. The van der Waals surface area contributed by atoms with Crippen molar-refractivity contribution in [3.63, 3.8) is 0 Å². The minimum Gasteiger partial charge on any atom is -0.372 e. The molecule has 1 rings (SSSR count). The maximum Gasteiger partial charge on any atom is 0.249 e. The first-order chi connectivity index (χ1) is 6.24. The van der Waals surface area contributed by atoms with Crippen molar-refractivity contribution in [2.45, 2.75) is 19.6 Å². The monoisotopic (exact) mass is 183 g/mol. The molecule has 1 unspecified atom stereocenters. The molecule has 0 saturated carbocycles. The topological polar surface area (TPSA) is 67.0 Å². The standard InChI is InChI=1S/C8H13N3O2/c1-6(13-2)8(12)9-5-7-3-4-10-11-7/h3-4,6H,5H2,1-2H3,(H,9,12)(H,10,11). The van der Waals surface area contributed by atoms with Gasteiger partial charge in [0.2, 0.25) is 5.91 Å². The van der Waals surface area contributed by atoms with E-state index in [0.717, 1.165) is 5.69 Å². The molecular weight excluding hydrogens is 170 g/mol. The Labute approximate surface area is 76.5 Å². The molecular formula is C8H13N3O2. The van der Waals surface area contributed by atoms with Crippen LogP contribution in [0.5, 0.6) is 0 Å². The van der Waals surface area contributed by atoms with Gasteiger partial charge in [0, 0.05) is 13.3 Å². The Balaban J connectivity index is 2.31. The van der Waals surface area contributed by atoms with E-state index in [1.54, 1.807) is 19.2 Å². The van der Waals surface area contributed by atoms with Gasteiger partial charge in [-0.25, -0.2) is 0 Å². The second kappa shape index (κ2) is 4.61. The van der Waals surface area contributed by atoms with Gasteiger partial charge < -0.3 is 10.1 Å². The zero-order chi connectivity index (χ0) is 9.68. The Morgan fingerprint density at radius 2 is 2.62 bits per heavy atom. The lowest BCUT2D eigenvalue weighted by Crippen LogP contribution is -2.33. The van der Waals surface area contributed by atoms with Crippen LogP contribution in [-0.4, -0.2) is 29.3 Å². The molecule has 1 amide bonds. The number of ether oxygens (including phenoxy) is 1. The van der Waals surface area contributed by atoms with Crippen LogP contribution in [0.1, 0.15) is 12.6 Å². The van der Waals surface area contributed by atoms with E-state index in [2.05, 4.69) is 15.5 Å². The van der Waals surface area contributed by atoms with Crippen molar-refractivity contribution in [1.82, 2.24) is 15.5 Å². The first-order valence-electron chi connectivity index (χ1n) is 4.03. The number of H-pyrrole nitrogens is 1. The minimum absolute atomic E-state index is 0.128. The summed E-state index contributed by atoms with van der Waals surface area (Å²) in [5.41, 5.74) is 0.872. The lowest BCUT2D eigenvalue weighted by Gasteiger charge is -2.08. The Morgan fingerprint density at radius 3 is 3.15 bits per heavy atom. The first-order valence-corrected chi connectivity index (χ1v) is 4.03. The average molecular weight is 183 g/mol. The van der Waals surface area contributed by atoms with Gasteiger partial charge in [-0.3, -0.25) is 9.89 Å².